The molecule has 0 aliphatic carbocycles. The lowest BCUT2D eigenvalue weighted by Gasteiger charge is -1.98. The molecule has 1 rings (SSSR count). The molecule has 0 spiro atoms. The van der Waals surface area contributed by atoms with E-state index in [9.17, 15) is 4.79 Å². The third-order valence-corrected chi connectivity index (χ3v) is 1.64. The van der Waals surface area contributed by atoms with Crippen LogP contribution in [0.4, 0.5) is 0 Å². The van der Waals surface area contributed by atoms with Gasteiger partial charge in [-0.2, -0.15) is 4.58 Å². The molecule has 1 aliphatic heterocycles. The summed E-state index contributed by atoms with van der Waals surface area (Å²) in [4.78, 5) is 10.5. The lowest BCUT2D eigenvalue weighted by atomic mass is 10.3. The van der Waals surface area contributed by atoms with Crippen molar-refractivity contribution < 1.29 is 19.2 Å². The van der Waals surface area contributed by atoms with Crippen LogP contribution in [0.5, 0.6) is 0 Å². The topological polar surface area (TPSA) is 49.5 Å². The quantitative estimate of drug-likeness (QED) is 0.572. The molecule has 11 heavy (non-hydrogen) atoms. The van der Waals surface area contributed by atoms with Crippen LogP contribution in [0.1, 0.15) is 13.8 Å². The van der Waals surface area contributed by atoms with Gasteiger partial charge in [0.1, 0.15) is 0 Å². The highest BCUT2D eigenvalue weighted by atomic mass is 16.5. The standard InChI is InChI=1S/C7H11NO3/c1-5(2)8-3-4-11-6(8)7(9)10/h5H,3-4H2,1-2H3/p+1. The van der Waals surface area contributed by atoms with Crippen LogP contribution in [-0.2, 0) is 9.53 Å². The van der Waals surface area contributed by atoms with Crippen molar-refractivity contribution in [1.82, 2.24) is 0 Å². The van der Waals surface area contributed by atoms with Gasteiger partial charge in [0.05, 0.1) is 0 Å². The molecule has 0 atom stereocenters. The van der Waals surface area contributed by atoms with Gasteiger partial charge in [-0.05, 0) is 13.8 Å². The maximum absolute atomic E-state index is 10.5. The second-order valence-electron chi connectivity index (χ2n) is 2.75. The van der Waals surface area contributed by atoms with Crippen molar-refractivity contribution in [2.75, 3.05) is 13.2 Å². The highest BCUT2D eigenvalue weighted by Gasteiger charge is 2.32. The number of carboxylic acids is 1. The van der Waals surface area contributed by atoms with E-state index in [1.54, 1.807) is 4.58 Å². The van der Waals surface area contributed by atoms with E-state index < -0.39 is 5.97 Å². The Balaban J connectivity index is 2.86. The van der Waals surface area contributed by atoms with E-state index in [4.69, 9.17) is 9.84 Å². The van der Waals surface area contributed by atoms with Gasteiger partial charge in [-0.3, -0.25) is 0 Å². The Morgan fingerprint density at radius 2 is 2.36 bits per heavy atom. The monoisotopic (exact) mass is 158 g/mol. The van der Waals surface area contributed by atoms with Crippen LogP contribution in [0.15, 0.2) is 0 Å². The molecule has 0 bridgehead atoms. The van der Waals surface area contributed by atoms with Crippen molar-refractivity contribution in [2.45, 2.75) is 19.9 Å². The van der Waals surface area contributed by atoms with Crippen molar-refractivity contribution in [3.8, 4) is 0 Å². The van der Waals surface area contributed by atoms with Crippen molar-refractivity contribution in [3.05, 3.63) is 0 Å². The average molecular weight is 158 g/mol. The van der Waals surface area contributed by atoms with Crippen LogP contribution in [0.3, 0.4) is 0 Å². The van der Waals surface area contributed by atoms with E-state index in [-0.39, 0.29) is 11.9 Å². The minimum absolute atomic E-state index is 0.0833. The lowest BCUT2D eigenvalue weighted by Crippen LogP contribution is -2.28. The normalized spacial score (nSPS) is 17.4. The second-order valence-corrected chi connectivity index (χ2v) is 2.75. The molecule has 62 valence electrons. The van der Waals surface area contributed by atoms with Gasteiger partial charge in [-0.15, -0.1) is 0 Å². The molecule has 0 radical (unpaired) electrons. The molecule has 0 aromatic rings. The molecule has 0 amide bonds. The van der Waals surface area contributed by atoms with Crippen LogP contribution in [-0.4, -0.2) is 40.7 Å². The van der Waals surface area contributed by atoms with Crippen molar-refractivity contribution in [2.24, 2.45) is 0 Å². The summed E-state index contributed by atoms with van der Waals surface area (Å²) in [6.07, 6.45) is 0. The first-order valence-corrected chi connectivity index (χ1v) is 3.62. The highest BCUT2D eigenvalue weighted by Crippen LogP contribution is 2.00. The first-order valence-electron chi connectivity index (χ1n) is 3.62. The van der Waals surface area contributed by atoms with E-state index in [1.807, 2.05) is 13.8 Å². The SMILES string of the molecule is CC(C)[N+]1=C(C(=O)O)OCC1. The number of carboxylic acid groups (broad SMARTS) is 1. The summed E-state index contributed by atoms with van der Waals surface area (Å²) in [6.45, 7) is 5.05. The predicted molar refractivity (Wildman–Crippen MR) is 38.9 cm³/mol. The molecular weight excluding hydrogens is 146 g/mol. The minimum Gasteiger partial charge on any atom is -0.471 e. The Labute approximate surface area is 65.1 Å². The van der Waals surface area contributed by atoms with Gasteiger partial charge < -0.3 is 9.84 Å². The van der Waals surface area contributed by atoms with E-state index in [1.165, 1.54) is 0 Å². The van der Waals surface area contributed by atoms with Gasteiger partial charge >= 0.3 is 11.9 Å². The Bertz CT molecular complexity index is 208. The van der Waals surface area contributed by atoms with Crippen LogP contribution in [0.25, 0.3) is 0 Å². The number of carbonyl (C=O) groups is 1. The first-order chi connectivity index (χ1) is 5.13. The van der Waals surface area contributed by atoms with Crippen LogP contribution in [0, 0.1) is 0 Å². The number of hydrogen-bond acceptors (Lipinski definition) is 2. The minimum atomic E-state index is -0.976. The molecule has 1 N–H and O–H groups in total. The van der Waals surface area contributed by atoms with E-state index >= 15 is 0 Å². The largest absolute Gasteiger partial charge is 0.471 e. The molecular formula is C7H12NO3+. The maximum Gasteiger partial charge on any atom is 0.451 e. The summed E-state index contributed by atoms with van der Waals surface area (Å²) >= 11 is 0. The zero-order valence-corrected chi connectivity index (χ0v) is 6.70. The molecule has 0 fully saturated rings. The third kappa shape index (κ3) is 1.50. The summed E-state index contributed by atoms with van der Waals surface area (Å²) in [5.41, 5.74) is 0. The fourth-order valence-electron chi connectivity index (χ4n) is 1.10. The summed E-state index contributed by atoms with van der Waals surface area (Å²) in [7, 11) is 0. The molecule has 0 aromatic heterocycles. The number of aliphatic carboxylic acids is 1. The molecule has 4 heteroatoms. The van der Waals surface area contributed by atoms with Gasteiger partial charge in [0, 0.05) is 0 Å². The molecule has 4 nitrogen and oxygen atoms in total. The summed E-state index contributed by atoms with van der Waals surface area (Å²) in [5.74, 6) is -0.892. The summed E-state index contributed by atoms with van der Waals surface area (Å²) < 4.78 is 6.67. The fourth-order valence-corrected chi connectivity index (χ4v) is 1.10. The highest BCUT2D eigenvalue weighted by molar-refractivity contribution is 6.29. The Morgan fingerprint density at radius 3 is 2.73 bits per heavy atom. The molecule has 1 aliphatic rings. The van der Waals surface area contributed by atoms with E-state index in [2.05, 4.69) is 0 Å². The zero-order chi connectivity index (χ0) is 8.43. The van der Waals surface area contributed by atoms with Crippen molar-refractivity contribution >= 4 is 11.9 Å². The van der Waals surface area contributed by atoms with Gasteiger partial charge in [-0.25, -0.2) is 4.79 Å². The third-order valence-electron chi connectivity index (χ3n) is 1.64. The predicted octanol–water partition coefficient (Wildman–Crippen LogP) is -0.0794. The Kier molecular flexibility index (Phi) is 2.12. The average Bonchev–Trinajstić information content (AvgIpc) is 2.32. The molecule has 0 aromatic carbocycles. The summed E-state index contributed by atoms with van der Waals surface area (Å²) in [6, 6.07) is 0.198. The van der Waals surface area contributed by atoms with E-state index in [0.29, 0.717) is 13.2 Å². The van der Waals surface area contributed by atoms with Gasteiger partial charge in [0.15, 0.2) is 19.2 Å². The number of hydrogen-bond donors (Lipinski definition) is 1. The number of rotatable bonds is 2. The second kappa shape index (κ2) is 2.90. The van der Waals surface area contributed by atoms with Crippen molar-refractivity contribution in [3.63, 3.8) is 0 Å². The van der Waals surface area contributed by atoms with Crippen molar-refractivity contribution in [1.29, 1.82) is 0 Å². The van der Waals surface area contributed by atoms with Crippen LogP contribution in [0.2, 0.25) is 0 Å². The number of nitrogens with zero attached hydrogens (tertiary/aromatic N) is 1. The molecule has 1 heterocycles. The molecule has 0 saturated heterocycles. The van der Waals surface area contributed by atoms with Gasteiger partial charge in [0.2, 0.25) is 0 Å². The van der Waals surface area contributed by atoms with Gasteiger partial charge in [-0.1, -0.05) is 0 Å². The lowest BCUT2D eigenvalue weighted by molar-refractivity contribution is -0.549. The Morgan fingerprint density at radius 1 is 1.73 bits per heavy atom. The maximum atomic E-state index is 10.5. The zero-order valence-electron chi connectivity index (χ0n) is 6.70. The van der Waals surface area contributed by atoms with E-state index in [0.717, 1.165) is 0 Å². The fraction of sp³-hybridized carbons (Fsp3) is 0.714. The van der Waals surface area contributed by atoms with Gasteiger partial charge in [0.25, 0.3) is 0 Å². The van der Waals surface area contributed by atoms with Crippen LogP contribution < -0.4 is 0 Å². The smallest absolute Gasteiger partial charge is 0.451 e. The Hall–Kier alpha value is -1.06. The summed E-state index contributed by atoms with van der Waals surface area (Å²) in [5, 5.41) is 8.63. The number of ether oxygens (including phenoxy) is 1. The molecule has 0 unspecified atom stereocenters. The molecule has 0 saturated carbocycles. The first kappa shape index (κ1) is 8.04. The van der Waals surface area contributed by atoms with Crippen LogP contribution >= 0.6 is 0 Å².